The average molecular weight is 259 g/mol. The molecule has 2 aromatic carbocycles. The minimum absolute atomic E-state index is 0.152. The molecule has 0 saturated carbocycles. The van der Waals surface area contributed by atoms with Crippen molar-refractivity contribution in [2.24, 2.45) is 5.73 Å². The molecule has 0 bridgehead atoms. The van der Waals surface area contributed by atoms with E-state index >= 15 is 0 Å². The van der Waals surface area contributed by atoms with Crippen molar-refractivity contribution in [2.45, 2.75) is 26.0 Å². The highest BCUT2D eigenvalue weighted by atomic mass is 19.1. The second-order valence-electron chi connectivity index (χ2n) is 4.74. The summed E-state index contributed by atoms with van der Waals surface area (Å²) in [6.07, 6.45) is 0.851. The number of rotatable bonds is 5. The van der Waals surface area contributed by atoms with Gasteiger partial charge in [0.1, 0.15) is 18.2 Å². The summed E-state index contributed by atoms with van der Waals surface area (Å²) in [5, 5.41) is 0. The van der Waals surface area contributed by atoms with Gasteiger partial charge in [-0.05, 0) is 48.7 Å². The summed E-state index contributed by atoms with van der Waals surface area (Å²) in [6, 6.07) is 14.4. The highest BCUT2D eigenvalue weighted by Crippen LogP contribution is 2.15. The fourth-order valence-electron chi connectivity index (χ4n) is 1.89. The molecule has 2 N–H and O–H groups in total. The van der Waals surface area contributed by atoms with E-state index < -0.39 is 0 Å². The maximum Gasteiger partial charge on any atom is 0.123 e. The molecule has 0 fully saturated rings. The molecule has 0 spiro atoms. The lowest BCUT2D eigenvalue weighted by atomic mass is 10.1. The van der Waals surface area contributed by atoms with Gasteiger partial charge in [-0.3, -0.25) is 0 Å². The summed E-state index contributed by atoms with van der Waals surface area (Å²) in [5.74, 6) is 0.533. The van der Waals surface area contributed by atoms with Crippen LogP contribution in [0.15, 0.2) is 48.5 Å². The van der Waals surface area contributed by atoms with Crippen LogP contribution in [0.1, 0.15) is 18.1 Å². The molecule has 0 amide bonds. The van der Waals surface area contributed by atoms with Crippen LogP contribution in [0.25, 0.3) is 0 Å². The molecule has 2 rings (SSSR count). The van der Waals surface area contributed by atoms with Crippen LogP contribution in [0, 0.1) is 5.82 Å². The van der Waals surface area contributed by atoms with Crippen molar-refractivity contribution in [2.75, 3.05) is 0 Å². The minimum atomic E-state index is -0.242. The van der Waals surface area contributed by atoms with Gasteiger partial charge in [0.05, 0.1) is 0 Å². The molecule has 19 heavy (non-hydrogen) atoms. The SMILES string of the molecule is CC(N)Cc1ccc(OCc2cccc(F)c2)cc1. The molecule has 0 aliphatic carbocycles. The van der Waals surface area contributed by atoms with Gasteiger partial charge in [0, 0.05) is 6.04 Å². The molecule has 100 valence electrons. The summed E-state index contributed by atoms with van der Waals surface area (Å²) in [6.45, 7) is 2.35. The zero-order valence-electron chi connectivity index (χ0n) is 11.0. The molecule has 0 aliphatic heterocycles. The Morgan fingerprint density at radius 2 is 1.84 bits per heavy atom. The lowest BCUT2D eigenvalue weighted by Gasteiger charge is -2.08. The van der Waals surface area contributed by atoms with Crippen LogP contribution in [0.2, 0.25) is 0 Å². The largest absolute Gasteiger partial charge is 0.489 e. The normalized spacial score (nSPS) is 12.2. The predicted octanol–water partition coefficient (Wildman–Crippen LogP) is 3.29. The molecule has 1 unspecified atom stereocenters. The monoisotopic (exact) mass is 259 g/mol. The maximum absolute atomic E-state index is 13.0. The molecule has 2 aromatic rings. The zero-order valence-corrected chi connectivity index (χ0v) is 11.0. The molecule has 2 nitrogen and oxygen atoms in total. The number of benzene rings is 2. The molecular formula is C16H18FNO. The van der Waals surface area contributed by atoms with Crippen LogP contribution < -0.4 is 10.5 Å². The van der Waals surface area contributed by atoms with E-state index in [9.17, 15) is 4.39 Å². The third-order valence-corrected chi connectivity index (χ3v) is 2.78. The standard InChI is InChI=1S/C16H18FNO/c1-12(18)9-13-5-7-16(8-6-13)19-11-14-3-2-4-15(17)10-14/h2-8,10,12H,9,11,18H2,1H3. The van der Waals surface area contributed by atoms with E-state index in [-0.39, 0.29) is 11.9 Å². The molecule has 0 saturated heterocycles. The average Bonchev–Trinajstić information content (AvgIpc) is 2.37. The first-order chi connectivity index (χ1) is 9.13. The van der Waals surface area contributed by atoms with E-state index in [0.717, 1.165) is 17.7 Å². The number of halogens is 1. The van der Waals surface area contributed by atoms with Crippen molar-refractivity contribution >= 4 is 0 Å². The Kier molecular flexibility index (Phi) is 4.53. The Hall–Kier alpha value is -1.87. The number of hydrogen-bond acceptors (Lipinski definition) is 2. The molecule has 0 heterocycles. The quantitative estimate of drug-likeness (QED) is 0.894. The van der Waals surface area contributed by atoms with Gasteiger partial charge >= 0.3 is 0 Å². The Morgan fingerprint density at radius 1 is 1.11 bits per heavy atom. The maximum atomic E-state index is 13.0. The fourth-order valence-corrected chi connectivity index (χ4v) is 1.89. The van der Waals surface area contributed by atoms with Gasteiger partial charge in [-0.25, -0.2) is 4.39 Å². The third-order valence-electron chi connectivity index (χ3n) is 2.78. The van der Waals surface area contributed by atoms with Gasteiger partial charge in [0.15, 0.2) is 0 Å². The highest BCUT2D eigenvalue weighted by Gasteiger charge is 2.00. The van der Waals surface area contributed by atoms with E-state index in [2.05, 4.69) is 0 Å². The van der Waals surface area contributed by atoms with Crippen LogP contribution in [-0.2, 0) is 13.0 Å². The van der Waals surface area contributed by atoms with Gasteiger partial charge in [0.2, 0.25) is 0 Å². The molecule has 0 aliphatic rings. The second-order valence-corrected chi connectivity index (χ2v) is 4.74. The lowest BCUT2D eigenvalue weighted by molar-refractivity contribution is 0.305. The smallest absolute Gasteiger partial charge is 0.123 e. The summed E-state index contributed by atoms with van der Waals surface area (Å²) < 4.78 is 18.6. The second kappa shape index (κ2) is 6.34. The van der Waals surface area contributed by atoms with Gasteiger partial charge in [-0.15, -0.1) is 0 Å². The number of nitrogens with two attached hydrogens (primary N) is 1. The van der Waals surface area contributed by atoms with Gasteiger partial charge < -0.3 is 10.5 Å². The summed E-state index contributed by atoms with van der Waals surface area (Å²) in [7, 11) is 0. The van der Waals surface area contributed by atoms with E-state index in [1.165, 1.54) is 17.7 Å². The topological polar surface area (TPSA) is 35.2 Å². The van der Waals surface area contributed by atoms with E-state index in [4.69, 9.17) is 10.5 Å². The Morgan fingerprint density at radius 3 is 2.47 bits per heavy atom. The van der Waals surface area contributed by atoms with Crippen molar-refractivity contribution in [3.05, 3.63) is 65.5 Å². The van der Waals surface area contributed by atoms with Crippen LogP contribution in [-0.4, -0.2) is 6.04 Å². The van der Waals surface area contributed by atoms with Gasteiger partial charge in [-0.1, -0.05) is 24.3 Å². The molecule has 3 heteroatoms. The van der Waals surface area contributed by atoms with Crippen molar-refractivity contribution < 1.29 is 9.13 Å². The van der Waals surface area contributed by atoms with Gasteiger partial charge in [-0.2, -0.15) is 0 Å². The van der Waals surface area contributed by atoms with Crippen LogP contribution in [0.3, 0.4) is 0 Å². The Balaban J connectivity index is 1.93. The van der Waals surface area contributed by atoms with Gasteiger partial charge in [0.25, 0.3) is 0 Å². The Bertz CT molecular complexity index is 523. The van der Waals surface area contributed by atoms with Crippen molar-refractivity contribution in [1.82, 2.24) is 0 Å². The number of hydrogen-bond donors (Lipinski definition) is 1. The van der Waals surface area contributed by atoms with Crippen molar-refractivity contribution in [3.63, 3.8) is 0 Å². The van der Waals surface area contributed by atoms with E-state index in [1.54, 1.807) is 6.07 Å². The lowest BCUT2D eigenvalue weighted by Crippen LogP contribution is -2.17. The highest BCUT2D eigenvalue weighted by molar-refractivity contribution is 5.28. The first kappa shape index (κ1) is 13.6. The predicted molar refractivity (Wildman–Crippen MR) is 74.5 cm³/mol. The molecule has 0 aromatic heterocycles. The summed E-state index contributed by atoms with van der Waals surface area (Å²) in [4.78, 5) is 0. The molecule has 0 radical (unpaired) electrons. The Labute approximate surface area is 113 Å². The number of ether oxygens (including phenoxy) is 1. The van der Waals surface area contributed by atoms with Crippen LogP contribution in [0.4, 0.5) is 4.39 Å². The van der Waals surface area contributed by atoms with Crippen molar-refractivity contribution in [1.29, 1.82) is 0 Å². The van der Waals surface area contributed by atoms with Crippen LogP contribution in [0.5, 0.6) is 5.75 Å². The first-order valence-electron chi connectivity index (χ1n) is 6.35. The summed E-state index contributed by atoms with van der Waals surface area (Å²) in [5.41, 5.74) is 7.75. The minimum Gasteiger partial charge on any atom is -0.489 e. The van der Waals surface area contributed by atoms with E-state index in [0.29, 0.717) is 6.61 Å². The molecular weight excluding hydrogens is 241 g/mol. The fraction of sp³-hybridized carbons (Fsp3) is 0.250. The summed E-state index contributed by atoms with van der Waals surface area (Å²) >= 11 is 0. The van der Waals surface area contributed by atoms with Crippen molar-refractivity contribution in [3.8, 4) is 5.75 Å². The van der Waals surface area contributed by atoms with E-state index in [1.807, 2.05) is 37.3 Å². The third kappa shape index (κ3) is 4.38. The molecule has 1 atom stereocenters. The first-order valence-corrected chi connectivity index (χ1v) is 6.35. The van der Waals surface area contributed by atoms with Crippen LogP contribution >= 0.6 is 0 Å². The zero-order chi connectivity index (χ0) is 13.7.